The highest BCUT2D eigenvalue weighted by atomic mass is 32.2. The predicted molar refractivity (Wildman–Crippen MR) is 84.2 cm³/mol. The fourth-order valence-electron chi connectivity index (χ4n) is 1.70. The summed E-state index contributed by atoms with van der Waals surface area (Å²) in [5.74, 6) is 0. The van der Waals surface area contributed by atoms with Crippen LogP contribution in [0.2, 0.25) is 0 Å². The van der Waals surface area contributed by atoms with Gasteiger partial charge in [0.05, 0.1) is 10.7 Å². The topological polar surface area (TPSA) is 59.1 Å². The number of hydrogen-bond donors (Lipinski definition) is 1. The summed E-state index contributed by atoms with van der Waals surface area (Å²) in [6, 6.07) is 3.54. The highest BCUT2D eigenvalue weighted by Gasteiger charge is 2.16. The standard InChI is InChI=1S/C13H18N2O2S3/c1-4-11-5-6-13(19-11)20(16,17)14-8-7-12-15-9(2)10(3)18-12/h5-6,14H,4,7-8H2,1-3H3. The molecular formula is C13H18N2O2S3. The van der Waals surface area contributed by atoms with E-state index in [1.807, 2.05) is 26.8 Å². The van der Waals surface area contributed by atoms with Crippen LogP contribution in [-0.2, 0) is 22.9 Å². The zero-order chi connectivity index (χ0) is 14.8. The van der Waals surface area contributed by atoms with Crippen LogP contribution in [0.1, 0.15) is 27.4 Å². The van der Waals surface area contributed by atoms with E-state index in [4.69, 9.17) is 0 Å². The van der Waals surface area contributed by atoms with Crippen molar-refractivity contribution < 1.29 is 8.42 Å². The Bertz CT molecular complexity index is 667. The average molecular weight is 330 g/mol. The quantitative estimate of drug-likeness (QED) is 0.886. The van der Waals surface area contributed by atoms with Gasteiger partial charge in [-0.2, -0.15) is 0 Å². The Labute approximate surface area is 127 Å². The van der Waals surface area contributed by atoms with Gasteiger partial charge in [-0.15, -0.1) is 22.7 Å². The van der Waals surface area contributed by atoms with Gasteiger partial charge in [-0.25, -0.2) is 18.1 Å². The van der Waals surface area contributed by atoms with Crippen molar-refractivity contribution in [2.24, 2.45) is 0 Å². The van der Waals surface area contributed by atoms with Gasteiger partial charge in [0.1, 0.15) is 4.21 Å². The van der Waals surface area contributed by atoms with E-state index in [1.54, 1.807) is 17.4 Å². The molecule has 2 aromatic rings. The molecule has 20 heavy (non-hydrogen) atoms. The minimum atomic E-state index is -3.38. The highest BCUT2D eigenvalue weighted by Crippen LogP contribution is 2.22. The van der Waals surface area contributed by atoms with Crippen molar-refractivity contribution in [1.82, 2.24) is 9.71 Å². The fraction of sp³-hybridized carbons (Fsp3) is 0.462. The lowest BCUT2D eigenvalue weighted by atomic mass is 10.4. The van der Waals surface area contributed by atoms with Crippen molar-refractivity contribution in [2.45, 2.75) is 37.8 Å². The van der Waals surface area contributed by atoms with Crippen LogP contribution in [0.5, 0.6) is 0 Å². The van der Waals surface area contributed by atoms with Crippen LogP contribution >= 0.6 is 22.7 Å². The molecule has 0 fully saturated rings. The Kier molecular flexibility index (Phi) is 4.95. The third-order valence-corrected chi connectivity index (χ3v) is 7.27. The molecule has 2 rings (SSSR count). The third-order valence-electron chi connectivity index (χ3n) is 2.95. The first-order chi connectivity index (χ1) is 9.42. The van der Waals surface area contributed by atoms with Crippen molar-refractivity contribution in [3.63, 3.8) is 0 Å². The second-order valence-corrected chi connectivity index (χ2v) is 8.92. The minimum absolute atomic E-state index is 0.383. The minimum Gasteiger partial charge on any atom is -0.246 e. The first-order valence-corrected chi connectivity index (χ1v) is 9.55. The Morgan fingerprint density at radius 2 is 2.00 bits per heavy atom. The molecule has 0 radical (unpaired) electrons. The van der Waals surface area contributed by atoms with E-state index in [2.05, 4.69) is 9.71 Å². The van der Waals surface area contributed by atoms with E-state index in [0.717, 1.165) is 22.0 Å². The third kappa shape index (κ3) is 3.66. The van der Waals surface area contributed by atoms with Crippen LogP contribution in [0, 0.1) is 13.8 Å². The second-order valence-electron chi connectivity index (χ2n) is 4.47. The molecule has 0 spiro atoms. The maximum absolute atomic E-state index is 12.1. The van der Waals surface area contributed by atoms with Gasteiger partial charge < -0.3 is 0 Å². The molecule has 0 unspecified atom stereocenters. The Morgan fingerprint density at radius 1 is 1.25 bits per heavy atom. The summed E-state index contributed by atoms with van der Waals surface area (Å²) in [6.07, 6.45) is 1.49. The number of aryl methyl sites for hydroxylation is 3. The molecule has 110 valence electrons. The lowest BCUT2D eigenvalue weighted by Crippen LogP contribution is -2.25. The van der Waals surface area contributed by atoms with Gasteiger partial charge in [0, 0.05) is 22.7 Å². The van der Waals surface area contributed by atoms with E-state index in [0.29, 0.717) is 17.2 Å². The van der Waals surface area contributed by atoms with Crippen LogP contribution in [0.25, 0.3) is 0 Å². The molecule has 7 heteroatoms. The van der Waals surface area contributed by atoms with Gasteiger partial charge in [-0.3, -0.25) is 0 Å². The van der Waals surface area contributed by atoms with E-state index >= 15 is 0 Å². The smallest absolute Gasteiger partial charge is 0.246 e. The summed E-state index contributed by atoms with van der Waals surface area (Å²) in [6.45, 7) is 6.40. The first-order valence-electron chi connectivity index (χ1n) is 6.43. The van der Waals surface area contributed by atoms with Crippen LogP contribution < -0.4 is 4.72 Å². The zero-order valence-electron chi connectivity index (χ0n) is 11.8. The SMILES string of the molecule is CCc1ccc(S(=O)(=O)NCCc2nc(C)c(C)s2)s1. The zero-order valence-corrected chi connectivity index (χ0v) is 14.2. The molecule has 0 aromatic carbocycles. The van der Waals surface area contributed by atoms with Crippen molar-refractivity contribution in [3.8, 4) is 0 Å². The number of thiophene rings is 1. The molecule has 0 saturated carbocycles. The number of rotatable bonds is 6. The number of nitrogens with zero attached hydrogens (tertiary/aromatic N) is 1. The van der Waals surface area contributed by atoms with Gasteiger partial charge in [0.2, 0.25) is 10.0 Å². The lowest BCUT2D eigenvalue weighted by Gasteiger charge is -2.03. The monoisotopic (exact) mass is 330 g/mol. The molecule has 0 saturated heterocycles. The molecular weight excluding hydrogens is 312 g/mol. The van der Waals surface area contributed by atoms with E-state index < -0.39 is 10.0 Å². The number of aromatic nitrogens is 1. The molecule has 0 bridgehead atoms. The summed E-state index contributed by atoms with van der Waals surface area (Å²) >= 11 is 2.95. The first kappa shape index (κ1) is 15.6. The fourth-order valence-corrected chi connectivity index (χ4v) is 5.01. The molecule has 0 amide bonds. The van der Waals surface area contributed by atoms with E-state index in [9.17, 15) is 8.42 Å². The van der Waals surface area contributed by atoms with Gasteiger partial charge in [-0.05, 0) is 32.4 Å². The summed E-state index contributed by atoms with van der Waals surface area (Å²) in [5.41, 5.74) is 1.03. The number of hydrogen-bond acceptors (Lipinski definition) is 5. The van der Waals surface area contributed by atoms with E-state index in [1.165, 1.54) is 16.2 Å². The Morgan fingerprint density at radius 3 is 2.55 bits per heavy atom. The lowest BCUT2D eigenvalue weighted by molar-refractivity contribution is 0.583. The van der Waals surface area contributed by atoms with Crippen molar-refractivity contribution in [3.05, 3.63) is 32.6 Å². The molecule has 4 nitrogen and oxygen atoms in total. The summed E-state index contributed by atoms with van der Waals surface area (Å²) in [5, 5.41) is 0.975. The second kappa shape index (κ2) is 6.34. The highest BCUT2D eigenvalue weighted by molar-refractivity contribution is 7.91. The van der Waals surface area contributed by atoms with Crippen LogP contribution in [0.3, 0.4) is 0 Å². The number of thiazole rings is 1. The van der Waals surface area contributed by atoms with Gasteiger partial charge >= 0.3 is 0 Å². The summed E-state index contributed by atoms with van der Waals surface area (Å²) in [4.78, 5) is 6.67. The predicted octanol–water partition coefficient (Wildman–Crippen LogP) is 2.90. The molecule has 0 atom stereocenters. The van der Waals surface area contributed by atoms with Crippen molar-refractivity contribution in [1.29, 1.82) is 0 Å². The Balaban J connectivity index is 1.95. The average Bonchev–Trinajstić information content (AvgIpc) is 2.97. The van der Waals surface area contributed by atoms with Crippen molar-refractivity contribution >= 4 is 32.7 Å². The van der Waals surface area contributed by atoms with Crippen molar-refractivity contribution in [2.75, 3.05) is 6.54 Å². The molecule has 0 aliphatic heterocycles. The number of sulfonamides is 1. The van der Waals surface area contributed by atoms with Crippen LogP contribution in [-0.4, -0.2) is 19.9 Å². The molecule has 0 aliphatic rings. The van der Waals surface area contributed by atoms with Gasteiger partial charge in [0.25, 0.3) is 0 Å². The van der Waals surface area contributed by atoms with Crippen LogP contribution in [0.15, 0.2) is 16.3 Å². The number of nitrogens with one attached hydrogen (secondary N) is 1. The van der Waals surface area contributed by atoms with Gasteiger partial charge in [-0.1, -0.05) is 6.92 Å². The summed E-state index contributed by atoms with van der Waals surface area (Å²) < 4.78 is 27.2. The summed E-state index contributed by atoms with van der Waals surface area (Å²) in [7, 11) is -3.38. The van der Waals surface area contributed by atoms with Gasteiger partial charge in [0.15, 0.2) is 0 Å². The molecule has 1 N–H and O–H groups in total. The molecule has 0 aliphatic carbocycles. The Hall–Kier alpha value is -0.760. The molecule has 2 aromatic heterocycles. The maximum Gasteiger partial charge on any atom is 0.250 e. The van der Waals surface area contributed by atoms with E-state index in [-0.39, 0.29) is 0 Å². The largest absolute Gasteiger partial charge is 0.250 e. The normalized spacial score (nSPS) is 11.9. The maximum atomic E-state index is 12.1. The molecule has 2 heterocycles. The van der Waals surface area contributed by atoms with Crippen LogP contribution in [0.4, 0.5) is 0 Å².